The van der Waals surface area contributed by atoms with Crippen molar-refractivity contribution in [2.75, 3.05) is 38.1 Å². The monoisotopic (exact) mass is 252 g/mol. The van der Waals surface area contributed by atoms with E-state index in [1.54, 1.807) is 0 Å². The van der Waals surface area contributed by atoms with Gasteiger partial charge >= 0.3 is 0 Å². The van der Waals surface area contributed by atoms with Gasteiger partial charge in [-0.2, -0.15) is 0 Å². The molecule has 0 N–H and O–H groups in total. The van der Waals surface area contributed by atoms with Crippen molar-refractivity contribution in [3.63, 3.8) is 0 Å². The average molecular weight is 253 g/mol. The summed E-state index contributed by atoms with van der Waals surface area (Å²) in [6.45, 7) is 6.50. The van der Waals surface area contributed by atoms with Crippen molar-refractivity contribution in [2.45, 2.75) is 6.92 Å². The molecule has 2 aliphatic heterocycles. The van der Waals surface area contributed by atoms with Crippen molar-refractivity contribution in [2.24, 2.45) is 11.8 Å². The maximum absolute atomic E-state index is 5.99. The fraction of sp³-hybridized carbons (Fsp3) is 0.667. The van der Waals surface area contributed by atoms with Gasteiger partial charge in [0.1, 0.15) is 16.8 Å². The molecule has 92 valence electrons. The predicted molar refractivity (Wildman–Crippen MR) is 68.5 cm³/mol. The molecule has 3 rings (SSSR count). The Morgan fingerprint density at radius 3 is 2.41 bits per heavy atom. The third-order valence-electron chi connectivity index (χ3n) is 3.79. The van der Waals surface area contributed by atoms with Crippen LogP contribution in [-0.4, -0.2) is 48.1 Å². The molecule has 0 aliphatic carbocycles. The predicted octanol–water partition coefficient (Wildman–Crippen LogP) is 1.44. The lowest BCUT2D eigenvalue weighted by Gasteiger charge is -2.20. The Balaban J connectivity index is 1.79. The van der Waals surface area contributed by atoms with Gasteiger partial charge in [0, 0.05) is 32.2 Å². The van der Waals surface area contributed by atoms with Gasteiger partial charge in [-0.25, -0.2) is 9.97 Å². The first-order chi connectivity index (χ1) is 8.11. The molecular weight excluding hydrogens is 236 g/mol. The van der Waals surface area contributed by atoms with E-state index in [2.05, 4.69) is 26.8 Å². The summed E-state index contributed by atoms with van der Waals surface area (Å²) in [4.78, 5) is 13.4. The highest BCUT2D eigenvalue weighted by atomic mass is 35.5. The van der Waals surface area contributed by atoms with E-state index in [0.29, 0.717) is 5.15 Å². The number of aryl methyl sites for hydroxylation is 1. The molecule has 2 aliphatic rings. The number of likely N-dealkylation sites (tertiary alicyclic amines) is 1. The van der Waals surface area contributed by atoms with Crippen LogP contribution < -0.4 is 4.90 Å². The molecule has 3 heterocycles. The number of fused-ring (bicyclic) bond motifs is 1. The van der Waals surface area contributed by atoms with Gasteiger partial charge in [0.25, 0.3) is 0 Å². The van der Waals surface area contributed by atoms with E-state index >= 15 is 0 Å². The molecular formula is C12H17ClN4. The van der Waals surface area contributed by atoms with Gasteiger partial charge in [-0.15, -0.1) is 0 Å². The molecule has 0 unspecified atom stereocenters. The van der Waals surface area contributed by atoms with E-state index in [0.717, 1.165) is 36.6 Å². The summed E-state index contributed by atoms with van der Waals surface area (Å²) in [7, 11) is 2.20. The van der Waals surface area contributed by atoms with Crippen LogP contribution in [0.25, 0.3) is 0 Å². The topological polar surface area (TPSA) is 32.3 Å². The van der Waals surface area contributed by atoms with E-state index < -0.39 is 0 Å². The van der Waals surface area contributed by atoms with Crippen LogP contribution >= 0.6 is 11.6 Å². The number of anilines is 1. The minimum absolute atomic E-state index is 0.543. The molecule has 2 saturated heterocycles. The van der Waals surface area contributed by atoms with Gasteiger partial charge in [-0.05, 0) is 25.8 Å². The molecule has 0 bridgehead atoms. The third kappa shape index (κ3) is 2.11. The second-order valence-electron chi connectivity index (χ2n) is 5.24. The molecule has 0 saturated carbocycles. The normalized spacial score (nSPS) is 28.8. The molecule has 0 aromatic carbocycles. The fourth-order valence-corrected chi connectivity index (χ4v) is 3.31. The largest absolute Gasteiger partial charge is 0.356 e. The van der Waals surface area contributed by atoms with E-state index in [1.807, 2.05) is 13.0 Å². The van der Waals surface area contributed by atoms with E-state index in [9.17, 15) is 0 Å². The van der Waals surface area contributed by atoms with Crippen molar-refractivity contribution >= 4 is 17.4 Å². The Labute approximate surface area is 107 Å². The number of nitrogens with zero attached hydrogens (tertiary/aromatic N) is 4. The van der Waals surface area contributed by atoms with Crippen LogP contribution in [-0.2, 0) is 0 Å². The van der Waals surface area contributed by atoms with Gasteiger partial charge in [-0.3, -0.25) is 0 Å². The van der Waals surface area contributed by atoms with Crippen molar-refractivity contribution in [1.82, 2.24) is 14.9 Å². The maximum atomic E-state index is 5.99. The average Bonchev–Trinajstić information content (AvgIpc) is 2.72. The Morgan fingerprint density at radius 2 is 1.82 bits per heavy atom. The van der Waals surface area contributed by atoms with Crippen LogP contribution in [0.3, 0.4) is 0 Å². The van der Waals surface area contributed by atoms with Crippen LogP contribution in [0.4, 0.5) is 5.82 Å². The Kier molecular flexibility index (Phi) is 2.71. The van der Waals surface area contributed by atoms with Crippen molar-refractivity contribution < 1.29 is 0 Å². The lowest BCUT2D eigenvalue weighted by Crippen LogP contribution is -2.27. The van der Waals surface area contributed by atoms with Crippen LogP contribution in [0.2, 0.25) is 5.15 Å². The highest BCUT2D eigenvalue weighted by Gasteiger charge is 2.39. The number of aromatic nitrogens is 2. The molecule has 5 heteroatoms. The van der Waals surface area contributed by atoms with Crippen LogP contribution in [0, 0.1) is 18.8 Å². The highest BCUT2D eigenvalue weighted by molar-refractivity contribution is 6.29. The Morgan fingerprint density at radius 1 is 1.18 bits per heavy atom. The first kappa shape index (κ1) is 11.2. The summed E-state index contributed by atoms with van der Waals surface area (Å²) in [5, 5.41) is 0.543. The van der Waals surface area contributed by atoms with E-state index in [1.165, 1.54) is 13.1 Å². The summed E-state index contributed by atoms with van der Waals surface area (Å²) in [6.07, 6.45) is 0. The minimum Gasteiger partial charge on any atom is -0.356 e. The van der Waals surface area contributed by atoms with Crippen LogP contribution in [0.1, 0.15) is 5.82 Å². The zero-order chi connectivity index (χ0) is 12.0. The molecule has 4 nitrogen and oxygen atoms in total. The number of halogens is 1. The molecule has 0 amide bonds. The first-order valence-electron chi connectivity index (χ1n) is 6.06. The fourth-order valence-electron chi connectivity index (χ4n) is 3.09. The second-order valence-corrected chi connectivity index (χ2v) is 5.63. The zero-order valence-corrected chi connectivity index (χ0v) is 11.0. The molecule has 2 atom stereocenters. The minimum atomic E-state index is 0.543. The summed E-state index contributed by atoms with van der Waals surface area (Å²) < 4.78 is 0. The van der Waals surface area contributed by atoms with Gasteiger partial charge in [0.15, 0.2) is 0 Å². The molecule has 17 heavy (non-hydrogen) atoms. The van der Waals surface area contributed by atoms with Crippen LogP contribution in [0.5, 0.6) is 0 Å². The molecule has 0 spiro atoms. The summed E-state index contributed by atoms with van der Waals surface area (Å²) in [6, 6.07) is 1.87. The summed E-state index contributed by atoms with van der Waals surface area (Å²) in [5.41, 5.74) is 0. The Hall–Kier alpha value is -0.870. The van der Waals surface area contributed by atoms with Crippen molar-refractivity contribution in [3.8, 4) is 0 Å². The Bertz CT molecular complexity index is 402. The number of hydrogen-bond donors (Lipinski definition) is 0. The standard InChI is InChI=1S/C12H17ClN4/c1-8-14-11(13)3-12(15-8)17-6-9-4-16(2)5-10(9)7-17/h3,9-10H,4-7H2,1-2H3/t9-,10-/m0/s1. The van der Waals surface area contributed by atoms with Gasteiger partial charge in [0.05, 0.1) is 0 Å². The molecule has 1 aromatic rings. The molecule has 2 fully saturated rings. The van der Waals surface area contributed by atoms with E-state index in [-0.39, 0.29) is 0 Å². The SMILES string of the molecule is Cc1nc(Cl)cc(N2C[C@@H]3CN(C)C[C@H]3C2)n1. The summed E-state index contributed by atoms with van der Waals surface area (Å²) in [5.74, 6) is 3.31. The summed E-state index contributed by atoms with van der Waals surface area (Å²) >= 11 is 5.99. The van der Waals surface area contributed by atoms with Gasteiger partial charge in [0.2, 0.25) is 0 Å². The lowest BCUT2D eigenvalue weighted by atomic mass is 10.0. The van der Waals surface area contributed by atoms with Crippen molar-refractivity contribution in [3.05, 3.63) is 17.0 Å². The number of rotatable bonds is 1. The molecule has 0 radical (unpaired) electrons. The second kappa shape index (κ2) is 4.10. The first-order valence-corrected chi connectivity index (χ1v) is 6.44. The van der Waals surface area contributed by atoms with Crippen molar-refractivity contribution in [1.29, 1.82) is 0 Å². The third-order valence-corrected chi connectivity index (χ3v) is 3.98. The van der Waals surface area contributed by atoms with E-state index in [4.69, 9.17) is 11.6 Å². The van der Waals surface area contributed by atoms with Gasteiger partial charge < -0.3 is 9.80 Å². The highest BCUT2D eigenvalue weighted by Crippen LogP contribution is 2.32. The quantitative estimate of drug-likeness (QED) is 0.708. The smallest absolute Gasteiger partial charge is 0.134 e. The zero-order valence-electron chi connectivity index (χ0n) is 10.2. The molecule has 1 aromatic heterocycles. The lowest BCUT2D eigenvalue weighted by molar-refractivity contribution is 0.387. The van der Waals surface area contributed by atoms with Crippen LogP contribution in [0.15, 0.2) is 6.07 Å². The number of hydrogen-bond acceptors (Lipinski definition) is 4. The maximum Gasteiger partial charge on any atom is 0.134 e. The van der Waals surface area contributed by atoms with Gasteiger partial charge in [-0.1, -0.05) is 11.6 Å².